The molecule has 0 saturated heterocycles. The van der Waals surface area contributed by atoms with E-state index in [2.05, 4.69) is 235 Å². The number of methoxy groups -OCH3 is 3. The third kappa shape index (κ3) is 58.0. The standard InChI is InChI=1S/C11H24.3C8H18.C5H12O2.C5H12O.2C5H12/c1-9(2,3)11(7,8)10(4,5)6;3*1-7(2,3)8(4,5)6;1-5(2,6-3)7-4;1-5(2,3)6-4;2*1-5(2,3)4/h1-8H3;3*1-6H3;1-4H3;1-4H3;2*1-4H3. The van der Waals surface area contributed by atoms with Crippen LogP contribution in [0.5, 0.6) is 0 Å². The van der Waals surface area contributed by atoms with E-state index in [1.54, 1.807) is 21.3 Å². The molecule has 3 nitrogen and oxygen atoms in total. The molecule has 0 rings (SSSR count). The van der Waals surface area contributed by atoms with Crippen molar-refractivity contribution in [1.29, 1.82) is 0 Å². The first-order valence-corrected chi connectivity index (χ1v) is 22.6. The molecular weight excluding hydrogens is 709 g/mol. The molecule has 0 amide bonds. The zero-order valence-corrected chi connectivity index (χ0v) is 49.7. The van der Waals surface area contributed by atoms with Gasteiger partial charge in [0.1, 0.15) is 0 Å². The normalized spacial score (nSPS) is 13.6. The van der Waals surface area contributed by atoms with Gasteiger partial charge in [0.25, 0.3) is 0 Å². The summed E-state index contributed by atoms with van der Waals surface area (Å²) >= 11 is 0. The van der Waals surface area contributed by atoms with Gasteiger partial charge in [0.05, 0.1) is 5.60 Å². The molecule has 0 aliphatic rings. The number of ether oxygens (including phenoxy) is 3. The van der Waals surface area contributed by atoms with Crippen LogP contribution in [-0.4, -0.2) is 32.7 Å². The Morgan fingerprint density at radius 3 is 0.293 bits per heavy atom. The van der Waals surface area contributed by atoms with Crippen molar-refractivity contribution in [1.82, 2.24) is 0 Å². The molecule has 0 radical (unpaired) electrons. The fraction of sp³-hybridized carbons (Fsp3) is 1.00. The zero-order chi connectivity index (χ0) is 50.6. The van der Waals surface area contributed by atoms with Crippen molar-refractivity contribution >= 4 is 0 Å². The fourth-order valence-corrected chi connectivity index (χ4v) is 1.21. The molecule has 0 N–H and O–H groups in total. The van der Waals surface area contributed by atoms with Gasteiger partial charge in [-0.05, 0) is 94.2 Å². The Morgan fingerprint density at radius 2 is 0.293 bits per heavy atom. The van der Waals surface area contributed by atoms with Gasteiger partial charge >= 0.3 is 0 Å². The van der Waals surface area contributed by atoms with E-state index in [0.717, 1.165) is 0 Å². The molecule has 364 valence electrons. The minimum Gasteiger partial charge on any atom is -0.379 e. The van der Waals surface area contributed by atoms with Crippen molar-refractivity contribution in [3.63, 3.8) is 0 Å². The van der Waals surface area contributed by atoms with E-state index in [-0.39, 0.29) is 5.60 Å². The van der Waals surface area contributed by atoms with Gasteiger partial charge in [-0.25, -0.2) is 0 Å². The highest BCUT2D eigenvalue weighted by Gasteiger charge is 2.42. The van der Waals surface area contributed by atoms with E-state index < -0.39 is 5.79 Å². The minimum absolute atomic E-state index is 0.0417. The van der Waals surface area contributed by atoms with E-state index in [1.807, 2.05) is 34.6 Å². The lowest BCUT2D eigenvalue weighted by atomic mass is 9.56. The topological polar surface area (TPSA) is 27.7 Å². The average molecular weight is 836 g/mol. The van der Waals surface area contributed by atoms with Crippen LogP contribution in [0, 0.1) is 59.6 Å². The second kappa shape index (κ2) is 27.2. The summed E-state index contributed by atoms with van der Waals surface area (Å²) in [5.74, 6) is -0.417. The highest BCUT2D eigenvalue weighted by atomic mass is 16.7. The van der Waals surface area contributed by atoms with Crippen molar-refractivity contribution in [2.24, 2.45) is 59.6 Å². The molecule has 0 spiro atoms. The SMILES string of the molecule is CC(C)(C)C.CC(C)(C)C.CC(C)(C)C(C)(C)C.CC(C)(C)C(C)(C)C.CC(C)(C)C(C)(C)C.CC(C)(C)C(C)(C)C(C)(C)C.COC(C)(C)C.COC(C)(C)OC. The first kappa shape index (κ1) is 75.3. The Hall–Kier alpha value is -0.120. The molecular formula is C55H126O3. The summed E-state index contributed by atoms with van der Waals surface area (Å²) < 4.78 is 14.7. The van der Waals surface area contributed by atoms with Crippen LogP contribution in [0.4, 0.5) is 0 Å². The van der Waals surface area contributed by atoms with E-state index in [4.69, 9.17) is 14.2 Å². The maximum Gasteiger partial charge on any atom is 0.161 e. The Bertz CT molecular complexity index is 792. The van der Waals surface area contributed by atoms with Crippen LogP contribution in [0.1, 0.15) is 270 Å². The first-order chi connectivity index (χ1) is 23.9. The highest BCUT2D eigenvalue weighted by Crippen LogP contribution is 2.50. The molecule has 0 saturated carbocycles. The van der Waals surface area contributed by atoms with Crippen molar-refractivity contribution in [2.45, 2.75) is 281 Å². The summed E-state index contributed by atoms with van der Waals surface area (Å²) in [6.45, 7) is 86.8. The van der Waals surface area contributed by atoms with Gasteiger partial charge in [0, 0.05) is 21.3 Å². The van der Waals surface area contributed by atoms with Gasteiger partial charge in [-0.2, -0.15) is 0 Å². The van der Waals surface area contributed by atoms with Crippen LogP contribution in [0.3, 0.4) is 0 Å². The summed E-state index contributed by atoms with van der Waals surface area (Å²) in [6, 6.07) is 0. The number of rotatable bonds is 2. The van der Waals surface area contributed by atoms with E-state index in [1.165, 1.54) is 0 Å². The minimum atomic E-state index is -0.417. The van der Waals surface area contributed by atoms with Crippen molar-refractivity contribution < 1.29 is 14.2 Å². The largest absolute Gasteiger partial charge is 0.379 e. The molecule has 0 aromatic carbocycles. The zero-order valence-electron chi connectivity index (χ0n) is 49.7. The van der Waals surface area contributed by atoms with Gasteiger partial charge < -0.3 is 14.2 Å². The van der Waals surface area contributed by atoms with E-state index >= 15 is 0 Å². The first-order valence-electron chi connectivity index (χ1n) is 22.6. The molecule has 0 aliphatic carbocycles. The molecule has 0 bridgehead atoms. The van der Waals surface area contributed by atoms with Crippen LogP contribution in [-0.2, 0) is 14.2 Å². The van der Waals surface area contributed by atoms with Crippen LogP contribution in [0.2, 0.25) is 0 Å². The van der Waals surface area contributed by atoms with Crippen molar-refractivity contribution in [3.05, 3.63) is 0 Å². The molecule has 0 atom stereocenters. The van der Waals surface area contributed by atoms with Gasteiger partial charge in [-0.3, -0.25) is 0 Å². The fourth-order valence-electron chi connectivity index (χ4n) is 1.21. The smallest absolute Gasteiger partial charge is 0.161 e. The van der Waals surface area contributed by atoms with Crippen LogP contribution in [0.25, 0.3) is 0 Å². The number of hydrogen-bond donors (Lipinski definition) is 0. The maximum atomic E-state index is 4.94. The molecule has 0 aromatic heterocycles. The lowest BCUT2D eigenvalue weighted by molar-refractivity contribution is -0.178. The third-order valence-electron chi connectivity index (χ3n) is 12.1. The summed E-state index contributed by atoms with van der Waals surface area (Å²) in [5, 5.41) is 0. The molecule has 58 heavy (non-hydrogen) atoms. The second-order valence-electron chi connectivity index (χ2n) is 29.7. The van der Waals surface area contributed by atoms with Crippen LogP contribution < -0.4 is 0 Å². The quantitative estimate of drug-likeness (QED) is 0.259. The summed E-state index contributed by atoms with van der Waals surface area (Å²) in [4.78, 5) is 0. The lowest BCUT2D eigenvalue weighted by Gasteiger charge is -2.49. The monoisotopic (exact) mass is 835 g/mol. The molecule has 0 aliphatic heterocycles. The average Bonchev–Trinajstić information content (AvgIpc) is 2.83. The van der Waals surface area contributed by atoms with Gasteiger partial charge in [0.15, 0.2) is 5.79 Å². The predicted molar refractivity (Wildman–Crippen MR) is 275 cm³/mol. The Kier molecular flexibility index (Phi) is 35.2. The van der Waals surface area contributed by atoms with E-state index in [0.29, 0.717) is 59.6 Å². The summed E-state index contributed by atoms with van der Waals surface area (Å²) in [6.07, 6.45) is 0. The van der Waals surface area contributed by atoms with Crippen LogP contribution in [0.15, 0.2) is 0 Å². The Labute approximate surface area is 375 Å². The second-order valence-corrected chi connectivity index (χ2v) is 29.7. The van der Waals surface area contributed by atoms with Gasteiger partial charge in [0.2, 0.25) is 0 Å². The third-order valence-corrected chi connectivity index (χ3v) is 12.1. The Morgan fingerprint density at radius 1 is 0.190 bits per heavy atom. The molecule has 0 unspecified atom stereocenters. The summed E-state index contributed by atoms with van der Waals surface area (Å²) in [5.41, 5.74) is 4.80. The van der Waals surface area contributed by atoms with Gasteiger partial charge in [-0.15, -0.1) is 0 Å². The molecule has 0 aromatic rings. The van der Waals surface area contributed by atoms with Crippen LogP contribution >= 0.6 is 0 Å². The predicted octanol–water partition coefficient (Wildman–Crippen LogP) is 19.9. The lowest BCUT2D eigenvalue weighted by Crippen LogP contribution is -2.41. The van der Waals surface area contributed by atoms with Gasteiger partial charge in [-0.1, -0.05) is 235 Å². The number of hydrogen-bond acceptors (Lipinski definition) is 3. The Balaban J connectivity index is -0.0000000831. The molecule has 0 heterocycles. The van der Waals surface area contributed by atoms with E-state index in [9.17, 15) is 0 Å². The highest BCUT2D eigenvalue weighted by molar-refractivity contribution is 4.91. The molecule has 3 heteroatoms. The maximum absolute atomic E-state index is 4.94. The van der Waals surface area contributed by atoms with Crippen molar-refractivity contribution in [2.75, 3.05) is 21.3 Å². The summed E-state index contributed by atoms with van der Waals surface area (Å²) in [7, 11) is 4.94. The van der Waals surface area contributed by atoms with Crippen molar-refractivity contribution in [3.8, 4) is 0 Å². The molecule has 0 fully saturated rings.